The SMILES string of the molecule is O=C(C1CC1)N1CCC(c2[nH]cnc3cnc4nccc4c23)C1. The quantitative estimate of drug-likeness (QED) is 0.788. The molecular formula is C17H17N5O. The predicted octanol–water partition coefficient (Wildman–Crippen LogP) is 2.23. The maximum atomic E-state index is 12.3. The van der Waals surface area contributed by atoms with E-state index in [1.807, 2.05) is 11.0 Å². The van der Waals surface area contributed by atoms with E-state index in [0.717, 1.165) is 60.0 Å². The van der Waals surface area contributed by atoms with Crippen molar-refractivity contribution in [2.24, 2.45) is 5.92 Å². The standard InChI is InChI=1S/C17H17N5O/c23-17(10-1-2-10)22-6-4-11(8-22)15-14-12-3-5-18-16(12)19-7-13(14)20-9-21-15/h3,5,7,9-11H,1-2,4,6,8H2,(H,20,21). The van der Waals surface area contributed by atoms with Crippen LogP contribution < -0.4 is 0 Å². The van der Waals surface area contributed by atoms with Crippen LogP contribution in [0.2, 0.25) is 0 Å². The molecule has 1 atom stereocenters. The molecule has 0 radical (unpaired) electrons. The van der Waals surface area contributed by atoms with Crippen LogP contribution in [0.1, 0.15) is 30.9 Å². The molecular weight excluding hydrogens is 290 g/mol. The van der Waals surface area contributed by atoms with Crippen LogP contribution in [0.4, 0.5) is 0 Å². The highest BCUT2D eigenvalue weighted by Gasteiger charge is 2.37. The second kappa shape index (κ2) is 4.75. The van der Waals surface area contributed by atoms with Gasteiger partial charge in [-0.25, -0.2) is 15.0 Å². The number of nitrogens with zero attached hydrogens (tertiary/aromatic N) is 4. The first kappa shape index (κ1) is 13.0. The van der Waals surface area contributed by atoms with Crippen molar-refractivity contribution in [3.63, 3.8) is 0 Å². The molecule has 3 aromatic heterocycles. The molecule has 1 saturated heterocycles. The lowest BCUT2D eigenvalue weighted by molar-refractivity contribution is -0.131. The van der Waals surface area contributed by atoms with Crippen molar-refractivity contribution in [2.75, 3.05) is 13.1 Å². The molecule has 0 spiro atoms. The predicted molar refractivity (Wildman–Crippen MR) is 85.9 cm³/mol. The van der Waals surface area contributed by atoms with Gasteiger partial charge in [-0.3, -0.25) is 4.79 Å². The van der Waals surface area contributed by atoms with E-state index >= 15 is 0 Å². The topological polar surface area (TPSA) is 74.8 Å². The molecule has 1 N–H and O–H groups in total. The number of pyridine rings is 1. The Hall–Kier alpha value is -2.50. The highest BCUT2D eigenvalue weighted by atomic mass is 16.2. The van der Waals surface area contributed by atoms with Crippen LogP contribution in [-0.4, -0.2) is 43.8 Å². The van der Waals surface area contributed by atoms with Gasteiger partial charge in [0.25, 0.3) is 0 Å². The number of aromatic nitrogens is 4. The molecule has 23 heavy (non-hydrogen) atoms. The zero-order chi connectivity index (χ0) is 15.4. The molecule has 6 nitrogen and oxygen atoms in total. The number of H-pyrrole nitrogens is 1. The minimum absolute atomic E-state index is 0.294. The van der Waals surface area contributed by atoms with Crippen molar-refractivity contribution in [1.82, 2.24) is 24.8 Å². The number of rotatable bonds is 2. The number of carbonyl (C=O) groups excluding carboxylic acids is 1. The van der Waals surface area contributed by atoms with Gasteiger partial charge in [0.2, 0.25) is 5.91 Å². The molecule has 2 fully saturated rings. The number of hydrogen-bond donors (Lipinski definition) is 1. The number of likely N-dealkylation sites (tertiary alicyclic amines) is 1. The Morgan fingerprint density at radius 1 is 1.22 bits per heavy atom. The first-order valence-electron chi connectivity index (χ1n) is 8.17. The van der Waals surface area contributed by atoms with Crippen LogP contribution in [0.5, 0.6) is 0 Å². The zero-order valence-corrected chi connectivity index (χ0v) is 12.7. The van der Waals surface area contributed by atoms with Gasteiger partial charge < -0.3 is 9.88 Å². The fourth-order valence-electron chi connectivity index (χ4n) is 3.68. The summed E-state index contributed by atoms with van der Waals surface area (Å²) >= 11 is 0. The van der Waals surface area contributed by atoms with Gasteiger partial charge in [-0.1, -0.05) is 0 Å². The minimum Gasteiger partial charge on any atom is -0.349 e. The third kappa shape index (κ3) is 2.01. The van der Waals surface area contributed by atoms with Gasteiger partial charge in [0.15, 0.2) is 5.65 Å². The number of hydrogen-bond acceptors (Lipinski definition) is 4. The zero-order valence-electron chi connectivity index (χ0n) is 12.7. The van der Waals surface area contributed by atoms with Gasteiger partial charge in [-0.15, -0.1) is 0 Å². The van der Waals surface area contributed by atoms with Crippen molar-refractivity contribution >= 4 is 27.8 Å². The molecule has 0 aromatic carbocycles. The summed E-state index contributed by atoms with van der Waals surface area (Å²) in [4.78, 5) is 30.7. The van der Waals surface area contributed by atoms with Gasteiger partial charge in [-0.05, 0) is 25.3 Å². The molecule has 4 heterocycles. The summed E-state index contributed by atoms with van der Waals surface area (Å²) in [7, 11) is 0. The van der Waals surface area contributed by atoms with E-state index in [1.165, 1.54) is 0 Å². The number of carbonyl (C=O) groups is 1. The third-order valence-electron chi connectivity index (χ3n) is 5.04. The van der Waals surface area contributed by atoms with Gasteiger partial charge in [0.1, 0.15) is 0 Å². The lowest BCUT2D eigenvalue weighted by Crippen LogP contribution is -2.29. The Labute approximate surface area is 132 Å². The molecule has 1 aliphatic carbocycles. The van der Waals surface area contributed by atoms with E-state index in [0.29, 0.717) is 17.7 Å². The Morgan fingerprint density at radius 2 is 2.13 bits per heavy atom. The van der Waals surface area contributed by atoms with E-state index in [2.05, 4.69) is 19.9 Å². The van der Waals surface area contributed by atoms with Crippen LogP contribution in [0.3, 0.4) is 0 Å². The first-order chi connectivity index (χ1) is 11.3. The van der Waals surface area contributed by atoms with Gasteiger partial charge in [-0.2, -0.15) is 0 Å². The Kier molecular flexibility index (Phi) is 2.68. The second-order valence-corrected chi connectivity index (χ2v) is 6.56. The van der Waals surface area contributed by atoms with E-state index in [1.54, 1.807) is 18.7 Å². The second-order valence-electron chi connectivity index (χ2n) is 6.56. The average molecular weight is 307 g/mol. The Bertz CT molecular complexity index is 914. The van der Waals surface area contributed by atoms with Crippen molar-refractivity contribution < 1.29 is 4.79 Å². The smallest absolute Gasteiger partial charge is 0.225 e. The lowest BCUT2D eigenvalue weighted by Gasteiger charge is -2.17. The molecule has 3 aromatic rings. The van der Waals surface area contributed by atoms with Gasteiger partial charge >= 0.3 is 0 Å². The summed E-state index contributed by atoms with van der Waals surface area (Å²) in [6, 6.07) is 1.99. The normalized spacial score (nSPS) is 21.4. The monoisotopic (exact) mass is 307 g/mol. The number of nitrogens with one attached hydrogen (secondary N) is 1. The molecule has 6 heteroatoms. The molecule has 1 aliphatic heterocycles. The maximum absolute atomic E-state index is 12.3. The van der Waals surface area contributed by atoms with Crippen LogP contribution in [0.25, 0.3) is 21.9 Å². The molecule has 116 valence electrons. The van der Waals surface area contributed by atoms with Crippen LogP contribution in [-0.2, 0) is 4.79 Å². The van der Waals surface area contributed by atoms with E-state index < -0.39 is 0 Å². The third-order valence-corrected chi connectivity index (χ3v) is 5.04. The summed E-state index contributed by atoms with van der Waals surface area (Å²) in [5, 5.41) is 2.13. The molecule has 5 rings (SSSR count). The summed E-state index contributed by atoms with van der Waals surface area (Å²) in [6.45, 7) is 1.65. The summed E-state index contributed by atoms with van der Waals surface area (Å²) in [6.07, 6.45) is 8.42. The van der Waals surface area contributed by atoms with Gasteiger partial charge in [0.05, 0.1) is 18.0 Å². The lowest BCUT2D eigenvalue weighted by atomic mass is 9.99. The largest absolute Gasteiger partial charge is 0.349 e. The van der Waals surface area contributed by atoms with Crippen LogP contribution >= 0.6 is 0 Å². The van der Waals surface area contributed by atoms with Gasteiger partial charge in [0, 0.05) is 47.6 Å². The van der Waals surface area contributed by atoms with Crippen molar-refractivity contribution in [3.05, 3.63) is 30.5 Å². The van der Waals surface area contributed by atoms with E-state index in [9.17, 15) is 4.79 Å². The molecule has 1 saturated carbocycles. The molecule has 2 aliphatic rings. The summed E-state index contributed by atoms with van der Waals surface area (Å²) in [5.74, 6) is 0.957. The first-order valence-corrected chi connectivity index (χ1v) is 8.17. The molecule has 0 bridgehead atoms. The maximum Gasteiger partial charge on any atom is 0.225 e. The molecule has 1 unspecified atom stereocenters. The Morgan fingerprint density at radius 3 is 3.00 bits per heavy atom. The fourth-order valence-corrected chi connectivity index (χ4v) is 3.68. The Balaban J connectivity index is 1.57. The van der Waals surface area contributed by atoms with Crippen LogP contribution in [0.15, 0.2) is 24.8 Å². The highest BCUT2D eigenvalue weighted by Crippen LogP contribution is 2.37. The molecule has 1 amide bonds. The van der Waals surface area contributed by atoms with Crippen molar-refractivity contribution in [1.29, 1.82) is 0 Å². The minimum atomic E-state index is 0.294. The van der Waals surface area contributed by atoms with E-state index in [-0.39, 0.29) is 0 Å². The number of aromatic amines is 1. The van der Waals surface area contributed by atoms with Crippen molar-refractivity contribution in [2.45, 2.75) is 25.2 Å². The van der Waals surface area contributed by atoms with Crippen LogP contribution in [0, 0.1) is 5.92 Å². The highest BCUT2D eigenvalue weighted by molar-refractivity contribution is 6.04. The van der Waals surface area contributed by atoms with Crippen molar-refractivity contribution in [3.8, 4) is 0 Å². The summed E-state index contributed by atoms with van der Waals surface area (Å²) in [5.41, 5.74) is 2.79. The van der Waals surface area contributed by atoms with E-state index in [4.69, 9.17) is 0 Å². The number of amides is 1. The average Bonchev–Trinajstić information content (AvgIpc) is 3.12. The number of fused-ring (bicyclic) bond motifs is 3. The fraction of sp³-hybridized carbons (Fsp3) is 0.412. The summed E-state index contributed by atoms with van der Waals surface area (Å²) < 4.78 is 0.